The molecule has 0 saturated heterocycles. The Labute approximate surface area is 166 Å². The summed E-state index contributed by atoms with van der Waals surface area (Å²) < 4.78 is 58.3. The lowest BCUT2D eigenvalue weighted by atomic mass is 10.3. The zero-order valence-electron chi connectivity index (χ0n) is 13.4. The number of ketones is 1. The summed E-state index contributed by atoms with van der Waals surface area (Å²) in [4.78, 5) is 23.1. The Hall–Kier alpha value is -1.49. The number of halogens is 3. The predicted molar refractivity (Wildman–Crippen MR) is 101 cm³/mol. The number of Topliss-reactive ketones (excluding diaryl/α,β-unsaturated/α-hetero) is 1. The van der Waals surface area contributed by atoms with Crippen LogP contribution in [0.15, 0.2) is 52.3 Å². The summed E-state index contributed by atoms with van der Waals surface area (Å²) in [6.07, 6.45) is -0.0274. The fourth-order valence-corrected chi connectivity index (χ4v) is 5.34. The lowest BCUT2D eigenvalue weighted by Crippen LogP contribution is -2.34. The summed E-state index contributed by atoms with van der Waals surface area (Å²) in [7, 11) is -8.26. The Bertz CT molecular complexity index is 977. The van der Waals surface area contributed by atoms with Gasteiger partial charge in [0.15, 0.2) is 20.9 Å². The normalized spacial score (nSPS) is 13.8. The molecule has 0 aromatic heterocycles. The highest BCUT2D eigenvalue weighted by Gasteiger charge is 2.36. The van der Waals surface area contributed by atoms with Gasteiger partial charge in [-0.2, -0.15) is 10.6 Å². The van der Waals surface area contributed by atoms with Crippen molar-refractivity contribution >= 4 is 55.7 Å². The van der Waals surface area contributed by atoms with Crippen LogP contribution in [0, 0.1) is 5.82 Å². The minimum Gasteiger partial charge on any atom is -0.301 e. The Balaban J connectivity index is 2.32. The first-order chi connectivity index (χ1) is 12.5. The van der Waals surface area contributed by atoms with Crippen LogP contribution in [0.3, 0.4) is 0 Å². The van der Waals surface area contributed by atoms with E-state index < -0.39 is 43.0 Å². The van der Waals surface area contributed by atoms with Gasteiger partial charge in [-0.3, -0.25) is 13.9 Å². The van der Waals surface area contributed by atoms with E-state index in [1.165, 1.54) is 12.1 Å². The largest absolute Gasteiger partial charge is 0.301 e. The number of sulfone groups is 1. The van der Waals surface area contributed by atoms with Crippen LogP contribution in [0.4, 0.5) is 4.39 Å². The maximum absolute atomic E-state index is 12.9. The Morgan fingerprint density at radius 1 is 1.04 bits per heavy atom. The molecule has 11 heteroatoms. The molecular weight excluding hydrogens is 442 g/mol. The van der Waals surface area contributed by atoms with Gasteiger partial charge in [0.1, 0.15) is 17.9 Å². The van der Waals surface area contributed by atoms with Crippen molar-refractivity contribution in [2.75, 3.05) is 5.75 Å². The Morgan fingerprint density at radius 3 is 2.11 bits per heavy atom. The second-order valence-electron chi connectivity index (χ2n) is 5.40. The molecule has 0 amide bonds. The van der Waals surface area contributed by atoms with Gasteiger partial charge in [0.2, 0.25) is 0 Å². The van der Waals surface area contributed by atoms with Crippen molar-refractivity contribution in [2.45, 2.75) is 15.0 Å². The lowest BCUT2D eigenvalue weighted by Gasteiger charge is -2.36. The Morgan fingerprint density at radius 2 is 1.59 bits per heavy atom. The first-order valence-electron chi connectivity index (χ1n) is 7.17. The fraction of sp³-hybridized carbons (Fsp3) is 0.125. The minimum atomic E-state index is -4.22. The third kappa shape index (κ3) is 4.87. The van der Waals surface area contributed by atoms with Crippen LogP contribution in [0.2, 0.25) is 10.0 Å². The highest BCUT2D eigenvalue weighted by Crippen LogP contribution is 2.53. The lowest BCUT2D eigenvalue weighted by molar-refractivity contribution is -0.120. The topological polar surface area (TPSA) is 109 Å². The molecule has 2 aromatic rings. The van der Waals surface area contributed by atoms with Crippen molar-refractivity contribution in [2.24, 2.45) is 0 Å². The van der Waals surface area contributed by atoms with Crippen LogP contribution in [0.1, 0.15) is 0 Å². The van der Waals surface area contributed by atoms with Crippen molar-refractivity contribution in [3.63, 3.8) is 0 Å². The van der Waals surface area contributed by atoms with Crippen molar-refractivity contribution < 1.29 is 31.5 Å². The van der Waals surface area contributed by atoms with Crippen LogP contribution in [-0.2, 0) is 19.4 Å². The van der Waals surface area contributed by atoms with E-state index in [1.54, 1.807) is 0 Å². The van der Waals surface area contributed by atoms with Crippen LogP contribution in [0.5, 0.6) is 0 Å². The second kappa shape index (κ2) is 8.26. The highest BCUT2D eigenvalue weighted by atomic mass is 35.5. The van der Waals surface area contributed by atoms with Gasteiger partial charge in [-0.1, -0.05) is 23.2 Å². The minimum absolute atomic E-state index is 0.0274. The van der Waals surface area contributed by atoms with Crippen molar-refractivity contribution in [1.29, 1.82) is 0 Å². The van der Waals surface area contributed by atoms with E-state index >= 15 is 0 Å². The first-order valence-corrected chi connectivity index (χ1v) is 11.2. The number of carbonyl (C=O) groups is 2. The first kappa shape index (κ1) is 21.8. The predicted octanol–water partition coefficient (Wildman–Crippen LogP) is 3.85. The van der Waals surface area contributed by atoms with Gasteiger partial charge in [-0.05, 0) is 42.5 Å². The van der Waals surface area contributed by atoms with Gasteiger partial charge in [0, 0.05) is 0 Å². The SMILES string of the molecule is O=CC(C(=O)CS(=O)(=O)c1ccc(F)cc1)S(O)(O)c1ccc(Cl)c(Cl)c1. The average Bonchev–Trinajstić information content (AvgIpc) is 2.57. The van der Waals surface area contributed by atoms with Crippen LogP contribution < -0.4 is 0 Å². The molecule has 0 bridgehead atoms. The van der Waals surface area contributed by atoms with Gasteiger partial charge in [0.25, 0.3) is 0 Å². The van der Waals surface area contributed by atoms with Gasteiger partial charge < -0.3 is 4.79 Å². The van der Waals surface area contributed by atoms with Gasteiger partial charge in [-0.25, -0.2) is 12.8 Å². The number of carbonyl (C=O) groups excluding carboxylic acids is 2. The van der Waals surface area contributed by atoms with E-state index in [9.17, 15) is 31.5 Å². The number of hydrogen-bond acceptors (Lipinski definition) is 6. The maximum Gasteiger partial charge on any atom is 0.185 e. The summed E-state index contributed by atoms with van der Waals surface area (Å²) in [6.45, 7) is 0. The smallest absolute Gasteiger partial charge is 0.185 e. The molecule has 0 aliphatic rings. The quantitative estimate of drug-likeness (QED) is 0.373. The molecule has 1 unspecified atom stereocenters. The molecule has 146 valence electrons. The van der Waals surface area contributed by atoms with E-state index in [0.717, 1.165) is 30.3 Å². The molecule has 2 N–H and O–H groups in total. The van der Waals surface area contributed by atoms with Gasteiger partial charge in [-0.15, -0.1) is 0 Å². The van der Waals surface area contributed by atoms with E-state index in [2.05, 4.69) is 0 Å². The molecule has 0 spiro atoms. The molecule has 6 nitrogen and oxygen atoms in total. The summed E-state index contributed by atoms with van der Waals surface area (Å²) in [6, 6.07) is 7.22. The highest BCUT2D eigenvalue weighted by molar-refractivity contribution is 8.26. The van der Waals surface area contributed by atoms with Gasteiger partial charge in [0.05, 0.1) is 19.8 Å². The molecular formula is C16H13Cl2FO6S2. The van der Waals surface area contributed by atoms with E-state index in [1.807, 2.05) is 0 Å². The zero-order chi connectivity index (χ0) is 20.4. The number of aldehydes is 1. The third-order valence-electron chi connectivity index (χ3n) is 3.54. The summed E-state index contributed by atoms with van der Waals surface area (Å²) in [5.41, 5.74) is 0. The summed E-state index contributed by atoms with van der Waals surface area (Å²) >= 11 is 11.6. The van der Waals surface area contributed by atoms with Crippen LogP contribution in [0.25, 0.3) is 0 Å². The molecule has 0 saturated carbocycles. The molecule has 27 heavy (non-hydrogen) atoms. The number of benzene rings is 2. The standard InChI is InChI=1S/C16H13Cl2FO6S2/c17-13-6-5-12(7-14(13)18)27(24,25)16(8-20)15(21)9-26(22,23)11-3-1-10(19)2-4-11/h1-8,16,24-25H,9H2. The third-order valence-corrected chi connectivity index (χ3v) is 7.96. The zero-order valence-corrected chi connectivity index (χ0v) is 16.5. The monoisotopic (exact) mass is 454 g/mol. The maximum atomic E-state index is 12.9. The van der Waals surface area contributed by atoms with Crippen molar-refractivity contribution in [3.05, 3.63) is 58.3 Å². The van der Waals surface area contributed by atoms with Crippen molar-refractivity contribution in [1.82, 2.24) is 0 Å². The number of hydrogen-bond donors (Lipinski definition) is 2. The summed E-state index contributed by atoms with van der Waals surface area (Å²) in [5.74, 6) is -3.06. The average molecular weight is 455 g/mol. The summed E-state index contributed by atoms with van der Waals surface area (Å²) in [5, 5.41) is -1.95. The van der Waals surface area contributed by atoms with Crippen molar-refractivity contribution in [3.8, 4) is 0 Å². The molecule has 0 aliphatic heterocycles. The van der Waals surface area contributed by atoms with E-state index in [4.69, 9.17) is 23.2 Å². The van der Waals surface area contributed by atoms with Crippen LogP contribution in [-0.4, -0.2) is 40.6 Å². The molecule has 1 atom stereocenters. The van der Waals surface area contributed by atoms with E-state index in [-0.39, 0.29) is 26.1 Å². The second-order valence-corrected chi connectivity index (χ2v) is 10.4. The molecule has 2 aromatic carbocycles. The molecule has 0 fully saturated rings. The van der Waals surface area contributed by atoms with Gasteiger partial charge >= 0.3 is 0 Å². The molecule has 0 heterocycles. The van der Waals surface area contributed by atoms with E-state index in [0.29, 0.717) is 0 Å². The fourth-order valence-electron chi connectivity index (χ4n) is 2.14. The number of rotatable bonds is 7. The van der Waals surface area contributed by atoms with Crippen LogP contribution >= 0.6 is 33.8 Å². The Kier molecular flexibility index (Phi) is 6.67. The molecule has 0 aliphatic carbocycles. The molecule has 0 radical (unpaired) electrons. The molecule has 2 rings (SSSR count).